The van der Waals surface area contributed by atoms with Crippen molar-refractivity contribution in [2.45, 2.75) is 0 Å². The number of carboxylic acid groups (broad SMARTS) is 1. The predicted molar refractivity (Wildman–Crippen MR) is 95.3 cm³/mol. The Balaban J connectivity index is 2.02. The van der Waals surface area contributed by atoms with Gasteiger partial charge in [0.05, 0.1) is 0 Å². The largest absolute Gasteiger partial charge is 0.478 e. The van der Waals surface area contributed by atoms with Crippen molar-refractivity contribution in [3.8, 4) is 23.0 Å². The maximum atomic E-state index is 11.6. The van der Waals surface area contributed by atoms with E-state index in [0.717, 1.165) is 0 Å². The Morgan fingerprint density at radius 3 is 1.92 bits per heavy atom. The maximum Gasteiger partial charge on any atom is 0.339 e. The molecule has 3 rings (SSSR count). The molecule has 0 heterocycles. The van der Waals surface area contributed by atoms with Crippen LogP contribution in [0.3, 0.4) is 0 Å². The van der Waals surface area contributed by atoms with Gasteiger partial charge in [0, 0.05) is 23.5 Å². The molecular weight excluding hydrogens is 320 g/mol. The van der Waals surface area contributed by atoms with Crippen LogP contribution in [0, 0.1) is 0 Å². The molecule has 0 aliphatic rings. The average molecular weight is 336 g/mol. The molecule has 0 aliphatic carbocycles. The van der Waals surface area contributed by atoms with Gasteiger partial charge in [0.25, 0.3) is 0 Å². The fourth-order valence-corrected chi connectivity index (χ4v) is 2.27. The molecule has 0 atom stereocenters. The lowest BCUT2D eigenvalue weighted by molar-refractivity contribution is 0.0693. The molecule has 6 nitrogen and oxygen atoms in total. The summed E-state index contributed by atoms with van der Waals surface area (Å²) < 4.78 is 11.6. The summed E-state index contributed by atoms with van der Waals surface area (Å²) in [5.41, 5.74) is 12.5. The first-order chi connectivity index (χ1) is 12.0. The van der Waals surface area contributed by atoms with Crippen LogP contribution in [0.4, 0.5) is 11.4 Å². The summed E-state index contributed by atoms with van der Waals surface area (Å²) in [4.78, 5) is 11.6. The second-order valence-corrected chi connectivity index (χ2v) is 5.29. The van der Waals surface area contributed by atoms with Gasteiger partial charge in [0.1, 0.15) is 17.1 Å². The van der Waals surface area contributed by atoms with Gasteiger partial charge in [-0.15, -0.1) is 0 Å². The molecule has 3 aromatic rings. The Hall–Kier alpha value is -3.67. The number of anilines is 2. The van der Waals surface area contributed by atoms with Crippen molar-refractivity contribution in [2.75, 3.05) is 11.5 Å². The van der Waals surface area contributed by atoms with Gasteiger partial charge in [-0.2, -0.15) is 0 Å². The Morgan fingerprint density at radius 2 is 1.36 bits per heavy atom. The number of hydrogen-bond donors (Lipinski definition) is 3. The van der Waals surface area contributed by atoms with Crippen LogP contribution in [0.2, 0.25) is 0 Å². The lowest BCUT2D eigenvalue weighted by Crippen LogP contribution is -2.02. The lowest BCUT2D eigenvalue weighted by atomic mass is 10.2. The van der Waals surface area contributed by atoms with E-state index in [0.29, 0.717) is 22.9 Å². The highest BCUT2D eigenvalue weighted by Gasteiger charge is 2.18. The van der Waals surface area contributed by atoms with Crippen LogP contribution in [0.25, 0.3) is 0 Å². The van der Waals surface area contributed by atoms with Crippen molar-refractivity contribution in [1.82, 2.24) is 0 Å². The SMILES string of the molecule is Nc1cccc(Oc2cccc(C(=O)O)c2Oc2cccc(N)c2)c1. The summed E-state index contributed by atoms with van der Waals surface area (Å²) in [5, 5.41) is 9.45. The Labute approximate surface area is 144 Å². The van der Waals surface area contributed by atoms with Crippen LogP contribution >= 0.6 is 0 Å². The first-order valence-electron chi connectivity index (χ1n) is 7.46. The molecule has 0 aliphatic heterocycles. The number of benzene rings is 3. The van der Waals surface area contributed by atoms with Crippen LogP contribution in [0.5, 0.6) is 23.0 Å². The zero-order valence-corrected chi connectivity index (χ0v) is 13.2. The van der Waals surface area contributed by atoms with Crippen molar-refractivity contribution >= 4 is 17.3 Å². The number of hydrogen-bond acceptors (Lipinski definition) is 5. The van der Waals surface area contributed by atoms with E-state index >= 15 is 0 Å². The summed E-state index contributed by atoms with van der Waals surface area (Å²) in [7, 11) is 0. The average Bonchev–Trinajstić information content (AvgIpc) is 2.56. The van der Waals surface area contributed by atoms with Crippen molar-refractivity contribution in [3.05, 3.63) is 72.3 Å². The summed E-state index contributed by atoms with van der Waals surface area (Å²) >= 11 is 0. The molecule has 0 saturated heterocycles. The molecule has 0 spiro atoms. The Morgan fingerprint density at radius 1 is 0.800 bits per heavy atom. The van der Waals surface area contributed by atoms with Crippen molar-refractivity contribution in [3.63, 3.8) is 0 Å². The standard InChI is InChI=1S/C19H16N2O4/c20-12-4-1-6-14(10-12)24-17-9-3-8-16(19(22)23)18(17)25-15-7-2-5-13(21)11-15/h1-11H,20-21H2,(H,22,23). The summed E-state index contributed by atoms with van der Waals surface area (Å²) in [5.74, 6) is 0.0963. The number of para-hydroxylation sites is 1. The Kier molecular flexibility index (Phi) is 4.43. The van der Waals surface area contributed by atoms with E-state index < -0.39 is 5.97 Å². The smallest absolute Gasteiger partial charge is 0.339 e. The first-order valence-corrected chi connectivity index (χ1v) is 7.46. The van der Waals surface area contributed by atoms with Crippen molar-refractivity contribution in [2.24, 2.45) is 0 Å². The van der Waals surface area contributed by atoms with Gasteiger partial charge < -0.3 is 26.0 Å². The number of carboxylic acids is 1. The molecule has 0 amide bonds. The number of ether oxygens (including phenoxy) is 2. The molecule has 0 radical (unpaired) electrons. The molecule has 0 fully saturated rings. The van der Waals surface area contributed by atoms with Gasteiger partial charge in [0.15, 0.2) is 11.5 Å². The van der Waals surface area contributed by atoms with Crippen LogP contribution in [-0.4, -0.2) is 11.1 Å². The maximum absolute atomic E-state index is 11.6. The molecule has 0 unspecified atom stereocenters. The highest BCUT2D eigenvalue weighted by molar-refractivity contribution is 5.92. The minimum absolute atomic E-state index is 0.0242. The van der Waals surface area contributed by atoms with Gasteiger partial charge in [-0.05, 0) is 36.4 Å². The van der Waals surface area contributed by atoms with Crippen LogP contribution < -0.4 is 20.9 Å². The molecule has 6 heteroatoms. The third kappa shape index (κ3) is 3.81. The van der Waals surface area contributed by atoms with E-state index in [9.17, 15) is 9.90 Å². The topological polar surface area (TPSA) is 108 Å². The van der Waals surface area contributed by atoms with Crippen molar-refractivity contribution in [1.29, 1.82) is 0 Å². The second kappa shape index (κ2) is 6.84. The van der Waals surface area contributed by atoms with Gasteiger partial charge in [-0.3, -0.25) is 0 Å². The molecule has 0 saturated carbocycles. The number of rotatable bonds is 5. The predicted octanol–water partition coefficient (Wildman–Crippen LogP) is 4.13. The monoisotopic (exact) mass is 336 g/mol. The fraction of sp³-hybridized carbons (Fsp3) is 0. The molecule has 126 valence electrons. The first kappa shape index (κ1) is 16.2. The zero-order chi connectivity index (χ0) is 17.8. The number of carbonyl (C=O) groups is 1. The molecule has 5 N–H and O–H groups in total. The van der Waals surface area contributed by atoms with E-state index in [1.165, 1.54) is 6.07 Å². The van der Waals surface area contributed by atoms with E-state index in [1.807, 2.05) is 0 Å². The summed E-state index contributed by atoms with van der Waals surface area (Å²) in [6.07, 6.45) is 0. The summed E-state index contributed by atoms with van der Waals surface area (Å²) in [6.45, 7) is 0. The minimum Gasteiger partial charge on any atom is -0.478 e. The highest BCUT2D eigenvalue weighted by Crippen LogP contribution is 2.38. The number of nitrogen functional groups attached to an aromatic ring is 2. The molecular formula is C19H16N2O4. The summed E-state index contributed by atoms with van der Waals surface area (Å²) in [6, 6.07) is 18.2. The van der Waals surface area contributed by atoms with Crippen LogP contribution in [-0.2, 0) is 0 Å². The quantitative estimate of drug-likeness (QED) is 0.605. The second-order valence-electron chi connectivity index (χ2n) is 5.29. The third-order valence-electron chi connectivity index (χ3n) is 3.37. The molecule has 25 heavy (non-hydrogen) atoms. The van der Waals surface area contributed by atoms with Gasteiger partial charge in [-0.1, -0.05) is 18.2 Å². The Bertz CT molecular complexity index is 925. The van der Waals surface area contributed by atoms with E-state index in [4.69, 9.17) is 20.9 Å². The number of nitrogens with two attached hydrogens (primary N) is 2. The van der Waals surface area contributed by atoms with E-state index in [1.54, 1.807) is 60.7 Å². The molecule has 0 bridgehead atoms. The fourth-order valence-electron chi connectivity index (χ4n) is 2.27. The van der Waals surface area contributed by atoms with Gasteiger partial charge >= 0.3 is 5.97 Å². The molecule has 0 aromatic heterocycles. The van der Waals surface area contributed by atoms with E-state index in [2.05, 4.69) is 0 Å². The van der Waals surface area contributed by atoms with Crippen molar-refractivity contribution < 1.29 is 19.4 Å². The van der Waals surface area contributed by atoms with Gasteiger partial charge in [0.2, 0.25) is 0 Å². The normalized spacial score (nSPS) is 10.2. The molecule has 3 aromatic carbocycles. The lowest BCUT2D eigenvalue weighted by Gasteiger charge is -2.15. The third-order valence-corrected chi connectivity index (χ3v) is 3.37. The highest BCUT2D eigenvalue weighted by atomic mass is 16.5. The van der Waals surface area contributed by atoms with Crippen LogP contribution in [0.1, 0.15) is 10.4 Å². The number of aromatic carboxylic acids is 1. The zero-order valence-electron chi connectivity index (χ0n) is 13.2. The van der Waals surface area contributed by atoms with Gasteiger partial charge in [-0.25, -0.2) is 4.79 Å². The van der Waals surface area contributed by atoms with Crippen LogP contribution in [0.15, 0.2) is 66.7 Å². The minimum atomic E-state index is -1.13. The van der Waals surface area contributed by atoms with E-state index in [-0.39, 0.29) is 17.1 Å².